The van der Waals surface area contributed by atoms with Crippen molar-refractivity contribution < 1.29 is 0 Å². The number of rotatable bonds is 6. The Bertz CT molecular complexity index is 1040. The van der Waals surface area contributed by atoms with Crippen LogP contribution in [0.3, 0.4) is 0 Å². The lowest BCUT2D eigenvalue weighted by Crippen LogP contribution is -2.41. The molecule has 5 rings (SSSR count). The number of nitrogens with one attached hydrogen (secondary N) is 1. The van der Waals surface area contributed by atoms with Crippen LogP contribution in [0.2, 0.25) is 0 Å². The molecule has 1 aliphatic rings. The third-order valence-electron chi connectivity index (χ3n) is 6.59. The maximum Gasteiger partial charge on any atom is 0.0496 e. The molecular weight excluding hydrogens is 424 g/mol. The van der Waals surface area contributed by atoms with E-state index in [4.69, 9.17) is 0 Å². The van der Waals surface area contributed by atoms with Gasteiger partial charge in [0.2, 0.25) is 0 Å². The number of benzene rings is 4. The van der Waals surface area contributed by atoms with E-state index in [2.05, 4.69) is 136 Å². The van der Waals surface area contributed by atoms with Crippen molar-refractivity contribution in [2.45, 2.75) is 23.3 Å². The zero-order chi connectivity index (χ0) is 21.8. The molecule has 0 radical (unpaired) electrons. The first-order valence-electron chi connectivity index (χ1n) is 11.3. The molecule has 4 aromatic carbocycles. The van der Waals surface area contributed by atoms with Gasteiger partial charge in [-0.15, -0.1) is 9.24 Å². The standard InChI is InChI=1S/C29H29NP2/c31-29(23-13-5-1-6-14-23,24-15-7-2-8-16-24)28-21-27(22-30-28)32(25-17-9-3-10-18-25)26-19-11-4-12-20-26/h1-20,27-28,30H,21-22,31H2. The van der Waals surface area contributed by atoms with Crippen LogP contribution in [0.4, 0.5) is 0 Å². The van der Waals surface area contributed by atoms with E-state index in [1.54, 1.807) is 0 Å². The van der Waals surface area contributed by atoms with E-state index >= 15 is 0 Å². The van der Waals surface area contributed by atoms with Crippen molar-refractivity contribution in [3.63, 3.8) is 0 Å². The van der Waals surface area contributed by atoms with E-state index in [9.17, 15) is 0 Å². The van der Waals surface area contributed by atoms with Gasteiger partial charge in [-0.05, 0) is 36.1 Å². The van der Waals surface area contributed by atoms with Gasteiger partial charge in [0, 0.05) is 23.4 Å². The topological polar surface area (TPSA) is 12.0 Å². The van der Waals surface area contributed by atoms with Gasteiger partial charge in [-0.1, -0.05) is 121 Å². The molecule has 32 heavy (non-hydrogen) atoms. The molecule has 0 bridgehead atoms. The lowest BCUT2D eigenvalue weighted by Gasteiger charge is -2.37. The Balaban J connectivity index is 1.52. The van der Waals surface area contributed by atoms with Crippen molar-refractivity contribution in [3.8, 4) is 0 Å². The van der Waals surface area contributed by atoms with Crippen LogP contribution in [0.1, 0.15) is 17.5 Å². The molecule has 0 aliphatic carbocycles. The minimum atomic E-state index is -0.435. The Morgan fingerprint density at radius 3 is 1.47 bits per heavy atom. The SMILES string of the molecule is PC(c1ccccc1)(c1ccccc1)C1CC(P(c2ccccc2)c2ccccc2)CN1. The Kier molecular flexibility index (Phi) is 6.52. The van der Waals surface area contributed by atoms with Crippen LogP contribution in [0.25, 0.3) is 0 Å². The first-order valence-corrected chi connectivity index (χ1v) is 13.3. The van der Waals surface area contributed by atoms with Gasteiger partial charge in [0.25, 0.3) is 0 Å². The van der Waals surface area contributed by atoms with Crippen LogP contribution in [-0.4, -0.2) is 18.2 Å². The highest BCUT2D eigenvalue weighted by Gasteiger charge is 2.44. The molecule has 1 N–H and O–H groups in total. The normalized spacial score (nSPS) is 18.7. The van der Waals surface area contributed by atoms with Crippen LogP contribution in [0.15, 0.2) is 121 Å². The van der Waals surface area contributed by atoms with Gasteiger partial charge in [-0.3, -0.25) is 0 Å². The smallest absolute Gasteiger partial charge is 0.0496 e. The minimum absolute atomic E-state index is 0.161. The monoisotopic (exact) mass is 453 g/mol. The van der Waals surface area contributed by atoms with Gasteiger partial charge in [-0.2, -0.15) is 0 Å². The summed E-state index contributed by atoms with van der Waals surface area (Å²) in [4.78, 5) is 0. The summed E-state index contributed by atoms with van der Waals surface area (Å²) in [5, 5.41) is 6.73. The Morgan fingerprint density at radius 1 is 0.625 bits per heavy atom. The maximum absolute atomic E-state index is 3.96. The van der Waals surface area contributed by atoms with Crippen molar-refractivity contribution in [2.24, 2.45) is 0 Å². The Labute approximate surface area is 195 Å². The fourth-order valence-corrected chi connectivity index (χ4v) is 8.48. The average molecular weight is 454 g/mol. The summed E-state index contributed by atoms with van der Waals surface area (Å²) in [5.74, 6) is 0. The molecule has 1 fully saturated rings. The lowest BCUT2D eigenvalue weighted by atomic mass is 9.83. The highest BCUT2D eigenvalue weighted by atomic mass is 31.1. The molecule has 1 aliphatic heterocycles. The average Bonchev–Trinajstić information content (AvgIpc) is 3.36. The first-order chi connectivity index (χ1) is 15.8. The second kappa shape index (κ2) is 9.68. The molecule has 160 valence electrons. The number of hydrogen-bond donors (Lipinski definition) is 1. The van der Waals surface area contributed by atoms with Gasteiger partial charge >= 0.3 is 0 Å². The highest BCUT2D eigenvalue weighted by molar-refractivity contribution is 7.73. The summed E-state index contributed by atoms with van der Waals surface area (Å²) in [6.07, 6.45) is 1.14. The largest absolute Gasteiger partial charge is 0.312 e. The van der Waals surface area contributed by atoms with Crippen LogP contribution < -0.4 is 15.9 Å². The van der Waals surface area contributed by atoms with Crippen LogP contribution in [-0.2, 0) is 5.16 Å². The summed E-state index contributed by atoms with van der Waals surface area (Å²) >= 11 is 0. The molecule has 3 heteroatoms. The highest BCUT2D eigenvalue weighted by Crippen LogP contribution is 2.50. The molecule has 1 nitrogen and oxygen atoms in total. The van der Waals surface area contributed by atoms with Crippen molar-refractivity contribution >= 4 is 27.8 Å². The summed E-state index contributed by atoms with van der Waals surface area (Å²) in [7, 11) is 2.80. The summed E-state index contributed by atoms with van der Waals surface area (Å²) in [5.41, 5.74) is 3.28. The fourth-order valence-electron chi connectivity index (χ4n) is 5.01. The lowest BCUT2D eigenvalue weighted by molar-refractivity contribution is 0.502. The van der Waals surface area contributed by atoms with Crippen LogP contribution >= 0.6 is 17.2 Å². The summed E-state index contributed by atoms with van der Waals surface area (Å²) in [6, 6.07) is 44.5. The first kappa shape index (κ1) is 21.5. The van der Waals surface area contributed by atoms with E-state index in [0.717, 1.165) is 13.0 Å². The third-order valence-corrected chi connectivity index (χ3v) is 10.5. The minimum Gasteiger partial charge on any atom is -0.312 e. The van der Waals surface area contributed by atoms with E-state index in [1.807, 2.05) is 0 Å². The molecule has 4 aromatic rings. The number of hydrogen-bond acceptors (Lipinski definition) is 1. The quantitative estimate of drug-likeness (QED) is 0.371. The second-order valence-electron chi connectivity index (χ2n) is 8.49. The van der Waals surface area contributed by atoms with Crippen molar-refractivity contribution in [3.05, 3.63) is 132 Å². The Morgan fingerprint density at radius 2 is 1.03 bits per heavy atom. The van der Waals surface area contributed by atoms with Crippen LogP contribution in [0, 0.1) is 0 Å². The van der Waals surface area contributed by atoms with E-state index in [0.29, 0.717) is 11.7 Å². The molecular formula is C29H29NP2. The molecule has 0 saturated carbocycles. The van der Waals surface area contributed by atoms with E-state index in [-0.39, 0.29) is 5.16 Å². The van der Waals surface area contributed by atoms with Crippen LogP contribution in [0.5, 0.6) is 0 Å². The van der Waals surface area contributed by atoms with Crippen molar-refractivity contribution in [1.29, 1.82) is 0 Å². The van der Waals surface area contributed by atoms with Gasteiger partial charge in [-0.25, -0.2) is 0 Å². The molecule has 0 spiro atoms. The summed E-state index contributed by atoms with van der Waals surface area (Å²) < 4.78 is 0. The Hall–Kier alpha value is -2.30. The van der Waals surface area contributed by atoms with Gasteiger partial charge in [0.1, 0.15) is 0 Å². The van der Waals surface area contributed by atoms with Crippen molar-refractivity contribution in [2.75, 3.05) is 6.54 Å². The molecule has 3 unspecified atom stereocenters. The molecule has 3 atom stereocenters. The van der Waals surface area contributed by atoms with Crippen molar-refractivity contribution in [1.82, 2.24) is 5.32 Å². The maximum atomic E-state index is 3.96. The third kappa shape index (κ3) is 4.18. The molecule has 1 saturated heterocycles. The van der Waals surface area contributed by atoms with Gasteiger partial charge in [0.15, 0.2) is 0 Å². The predicted molar refractivity (Wildman–Crippen MR) is 143 cm³/mol. The summed E-state index contributed by atoms with van der Waals surface area (Å²) in [6.45, 7) is 1.04. The van der Waals surface area contributed by atoms with Gasteiger partial charge < -0.3 is 5.32 Å². The zero-order valence-electron chi connectivity index (χ0n) is 18.1. The fraction of sp³-hybridized carbons (Fsp3) is 0.172. The second-order valence-corrected chi connectivity index (χ2v) is 11.9. The molecule has 0 aromatic heterocycles. The van der Waals surface area contributed by atoms with E-state index in [1.165, 1.54) is 21.7 Å². The van der Waals surface area contributed by atoms with Gasteiger partial charge in [0.05, 0.1) is 0 Å². The zero-order valence-corrected chi connectivity index (χ0v) is 20.2. The van der Waals surface area contributed by atoms with E-state index < -0.39 is 7.92 Å². The predicted octanol–water partition coefficient (Wildman–Crippen LogP) is 5.67. The molecule has 1 heterocycles. The molecule has 0 amide bonds.